The number of alkyl halides is 3. The molecule has 3 nitrogen and oxygen atoms in total. The van der Waals surface area contributed by atoms with Gasteiger partial charge in [-0.1, -0.05) is 0 Å². The number of nitrogens with one attached hydrogen (secondary N) is 1. The summed E-state index contributed by atoms with van der Waals surface area (Å²) in [6.45, 7) is 1.83. The van der Waals surface area contributed by atoms with Crippen LogP contribution in [0.15, 0.2) is 12.1 Å². The lowest BCUT2D eigenvalue weighted by Gasteiger charge is -2.36. The van der Waals surface area contributed by atoms with Crippen molar-refractivity contribution in [2.45, 2.75) is 12.2 Å². The maximum atomic E-state index is 13.4. The molecule has 1 heterocycles. The molecular formula is C12H14ClF3I2N2O. The Morgan fingerprint density at radius 3 is 2.05 bits per heavy atom. The number of nitrogens with zero attached hydrogens (tertiary/aromatic N) is 1. The molecule has 1 aliphatic heterocycles. The van der Waals surface area contributed by atoms with Crippen LogP contribution in [0.25, 0.3) is 0 Å². The summed E-state index contributed by atoms with van der Waals surface area (Å²) in [5.74, 6) is 0.0381. The van der Waals surface area contributed by atoms with Gasteiger partial charge in [-0.25, -0.2) is 0 Å². The van der Waals surface area contributed by atoms with Crippen molar-refractivity contribution in [3.05, 3.63) is 24.8 Å². The smallest absolute Gasteiger partial charge is 0.408 e. The summed E-state index contributed by atoms with van der Waals surface area (Å²) in [6.07, 6.45) is -4.33. The van der Waals surface area contributed by atoms with Crippen molar-refractivity contribution >= 4 is 57.6 Å². The molecule has 120 valence electrons. The minimum absolute atomic E-state index is 0. The summed E-state index contributed by atoms with van der Waals surface area (Å²) in [6, 6.07) is 1.21. The molecule has 1 aromatic carbocycles. The molecule has 0 aromatic heterocycles. The van der Waals surface area contributed by atoms with Crippen molar-refractivity contribution in [3.63, 3.8) is 0 Å². The molecule has 1 saturated heterocycles. The number of aromatic hydroxyl groups is 1. The highest BCUT2D eigenvalue weighted by molar-refractivity contribution is 14.1. The molecular weight excluding hydrogens is 534 g/mol. The molecule has 0 saturated carbocycles. The number of phenols is 1. The summed E-state index contributed by atoms with van der Waals surface area (Å²) in [5, 5.41) is 12.8. The van der Waals surface area contributed by atoms with Crippen LogP contribution in [0.2, 0.25) is 0 Å². The quantitative estimate of drug-likeness (QED) is 0.556. The molecule has 0 radical (unpaired) electrons. The number of hydrogen-bond acceptors (Lipinski definition) is 3. The van der Waals surface area contributed by atoms with E-state index in [1.54, 1.807) is 0 Å². The zero-order valence-electron chi connectivity index (χ0n) is 10.8. The van der Waals surface area contributed by atoms with E-state index in [1.807, 2.05) is 45.2 Å². The van der Waals surface area contributed by atoms with Crippen molar-refractivity contribution in [2.24, 2.45) is 0 Å². The third-order valence-electron chi connectivity index (χ3n) is 3.18. The maximum Gasteiger partial charge on any atom is 0.408 e. The van der Waals surface area contributed by atoms with Crippen molar-refractivity contribution in [1.82, 2.24) is 10.2 Å². The molecule has 0 unspecified atom stereocenters. The van der Waals surface area contributed by atoms with Crippen LogP contribution >= 0.6 is 57.6 Å². The van der Waals surface area contributed by atoms with Gasteiger partial charge in [0.2, 0.25) is 0 Å². The molecule has 1 fully saturated rings. The SMILES string of the molecule is Cl.Oc1c(I)cc([C@H](N2CCNCC2)C(F)(F)F)cc1I. The Hall–Kier alpha value is 0.480. The van der Waals surface area contributed by atoms with Gasteiger partial charge in [-0.05, 0) is 62.9 Å². The highest BCUT2D eigenvalue weighted by atomic mass is 127. The van der Waals surface area contributed by atoms with Crippen molar-refractivity contribution < 1.29 is 18.3 Å². The van der Waals surface area contributed by atoms with E-state index in [1.165, 1.54) is 17.0 Å². The van der Waals surface area contributed by atoms with E-state index in [0.717, 1.165) is 0 Å². The van der Waals surface area contributed by atoms with E-state index in [9.17, 15) is 18.3 Å². The fourth-order valence-electron chi connectivity index (χ4n) is 2.29. The predicted octanol–water partition coefficient (Wildman–Crippen LogP) is 3.53. The van der Waals surface area contributed by atoms with Crippen LogP contribution in [0.4, 0.5) is 13.2 Å². The van der Waals surface area contributed by atoms with Gasteiger partial charge in [0.1, 0.15) is 11.8 Å². The van der Waals surface area contributed by atoms with Crippen molar-refractivity contribution in [3.8, 4) is 5.75 Å². The van der Waals surface area contributed by atoms with Gasteiger partial charge in [-0.3, -0.25) is 4.90 Å². The van der Waals surface area contributed by atoms with Crippen LogP contribution < -0.4 is 5.32 Å². The Balaban J connectivity index is 0.00000220. The third-order valence-corrected chi connectivity index (χ3v) is 4.83. The monoisotopic (exact) mass is 548 g/mol. The van der Waals surface area contributed by atoms with Gasteiger partial charge in [-0.15, -0.1) is 12.4 Å². The topological polar surface area (TPSA) is 35.5 Å². The number of halogens is 6. The molecule has 1 aliphatic rings. The lowest BCUT2D eigenvalue weighted by Crippen LogP contribution is -2.49. The zero-order valence-corrected chi connectivity index (χ0v) is 15.9. The Kier molecular flexibility index (Phi) is 7.29. The molecule has 2 rings (SSSR count). The lowest BCUT2D eigenvalue weighted by atomic mass is 10.0. The second-order valence-corrected chi connectivity index (χ2v) is 6.89. The standard InChI is InChI=1S/C12H13F3I2N2O.ClH/c13-12(14,15)11(19-3-1-18-2-4-19)7-5-8(16)10(20)9(17)6-7;/h5-6,11,18,20H,1-4H2;1H/t11-;/m0./s1. The molecule has 2 N–H and O–H groups in total. The second kappa shape index (κ2) is 7.84. The summed E-state index contributed by atoms with van der Waals surface area (Å²) >= 11 is 3.71. The highest BCUT2D eigenvalue weighted by Gasteiger charge is 2.45. The molecule has 21 heavy (non-hydrogen) atoms. The van der Waals surface area contributed by atoms with Crippen LogP contribution in [0.5, 0.6) is 5.75 Å². The molecule has 9 heteroatoms. The molecule has 0 spiro atoms. The number of rotatable bonds is 2. The average molecular weight is 549 g/mol. The number of phenolic OH excluding ortho intramolecular Hbond substituents is 1. The van der Waals surface area contributed by atoms with Crippen LogP contribution in [0, 0.1) is 7.14 Å². The van der Waals surface area contributed by atoms with E-state index in [-0.39, 0.29) is 23.7 Å². The normalized spacial score (nSPS) is 18.1. The van der Waals surface area contributed by atoms with E-state index in [2.05, 4.69) is 5.32 Å². The van der Waals surface area contributed by atoms with E-state index >= 15 is 0 Å². The first kappa shape index (κ1) is 19.5. The first-order chi connectivity index (χ1) is 9.30. The van der Waals surface area contributed by atoms with Gasteiger partial charge in [0, 0.05) is 26.2 Å². The van der Waals surface area contributed by atoms with E-state index < -0.39 is 12.2 Å². The summed E-state index contributed by atoms with van der Waals surface area (Å²) < 4.78 is 41.2. The minimum atomic E-state index is -4.33. The second-order valence-electron chi connectivity index (χ2n) is 4.56. The summed E-state index contributed by atoms with van der Waals surface area (Å²) in [5.41, 5.74) is 0.186. The van der Waals surface area contributed by atoms with Crippen LogP contribution in [-0.2, 0) is 0 Å². The fraction of sp³-hybridized carbons (Fsp3) is 0.500. The van der Waals surface area contributed by atoms with Crippen LogP contribution in [0.3, 0.4) is 0 Å². The Morgan fingerprint density at radius 2 is 1.62 bits per heavy atom. The van der Waals surface area contributed by atoms with Gasteiger partial charge >= 0.3 is 6.18 Å². The fourth-order valence-corrected chi connectivity index (χ4v) is 4.11. The lowest BCUT2D eigenvalue weighted by molar-refractivity contribution is -0.187. The van der Waals surface area contributed by atoms with Gasteiger partial charge in [0.25, 0.3) is 0 Å². The molecule has 0 amide bonds. The zero-order chi connectivity index (χ0) is 14.9. The van der Waals surface area contributed by atoms with Crippen LogP contribution in [-0.4, -0.2) is 42.4 Å². The first-order valence-corrected chi connectivity index (χ1v) is 8.16. The van der Waals surface area contributed by atoms with Gasteiger partial charge in [0.15, 0.2) is 0 Å². The summed E-state index contributed by atoms with van der Waals surface area (Å²) in [7, 11) is 0. The molecule has 0 bridgehead atoms. The highest BCUT2D eigenvalue weighted by Crippen LogP contribution is 2.40. The molecule has 1 aromatic rings. The van der Waals surface area contributed by atoms with Crippen LogP contribution in [0.1, 0.15) is 11.6 Å². The molecule has 1 atom stereocenters. The summed E-state index contributed by atoms with van der Waals surface area (Å²) in [4.78, 5) is 1.44. The average Bonchev–Trinajstić information content (AvgIpc) is 2.35. The van der Waals surface area contributed by atoms with Gasteiger partial charge < -0.3 is 10.4 Å². The largest absolute Gasteiger partial charge is 0.506 e. The first-order valence-electron chi connectivity index (χ1n) is 6.00. The van der Waals surface area contributed by atoms with Crippen molar-refractivity contribution in [2.75, 3.05) is 26.2 Å². The molecule has 0 aliphatic carbocycles. The maximum absolute atomic E-state index is 13.4. The number of hydrogen-bond donors (Lipinski definition) is 2. The van der Waals surface area contributed by atoms with Crippen molar-refractivity contribution in [1.29, 1.82) is 0 Å². The van der Waals surface area contributed by atoms with Gasteiger partial charge in [-0.2, -0.15) is 13.2 Å². The number of benzene rings is 1. The Morgan fingerprint density at radius 1 is 1.14 bits per heavy atom. The Labute approximate surface area is 154 Å². The van der Waals surface area contributed by atoms with E-state index in [0.29, 0.717) is 33.3 Å². The predicted molar refractivity (Wildman–Crippen MR) is 94.0 cm³/mol. The Bertz CT molecular complexity index is 473. The van der Waals surface area contributed by atoms with Gasteiger partial charge in [0.05, 0.1) is 7.14 Å². The number of piperazine rings is 1. The third kappa shape index (κ3) is 4.72. The van der Waals surface area contributed by atoms with E-state index in [4.69, 9.17) is 0 Å². The minimum Gasteiger partial charge on any atom is -0.506 e.